The highest BCUT2D eigenvalue weighted by atomic mass is 16.5. The van der Waals surface area contributed by atoms with E-state index >= 15 is 0 Å². The number of hydrogen-bond acceptors (Lipinski definition) is 4. The topological polar surface area (TPSA) is 33.7 Å². The van der Waals surface area contributed by atoms with E-state index in [0.29, 0.717) is 6.04 Å². The molecule has 0 aliphatic carbocycles. The summed E-state index contributed by atoms with van der Waals surface area (Å²) in [6.45, 7) is 8.65. The molecule has 1 fully saturated rings. The fourth-order valence-corrected chi connectivity index (χ4v) is 1.92. The molecule has 4 heteroatoms. The lowest BCUT2D eigenvalue weighted by atomic mass is 10.2. The molecule has 0 amide bonds. The van der Waals surface area contributed by atoms with E-state index in [2.05, 4.69) is 10.2 Å². The first-order valence-electron chi connectivity index (χ1n) is 5.92. The van der Waals surface area contributed by atoms with E-state index in [-0.39, 0.29) is 0 Å². The summed E-state index contributed by atoms with van der Waals surface area (Å²) in [4.78, 5) is 2.50. The van der Waals surface area contributed by atoms with Gasteiger partial charge < -0.3 is 14.8 Å². The van der Waals surface area contributed by atoms with Crippen LogP contribution in [0.4, 0.5) is 0 Å². The van der Waals surface area contributed by atoms with Gasteiger partial charge in [-0.3, -0.25) is 4.90 Å². The Balaban J connectivity index is 2.17. The maximum Gasteiger partial charge on any atom is 0.0634 e. The molecule has 1 saturated heterocycles. The Bertz CT molecular complexity index is 154. The van der Waals surface area contributed by atoms with Gasteiger partial charge in [0.2, 0.25) is 0 Å². The second-order valence-corrected chi connectivity index (χ2v) is 3.87. The van der Waals surface area contributed by atoms with Gasteiger partial charge in [-0.2, -0.15) is 0 Å². The van der Waals surface area contributed by atoms with Crippen molar-refractivity contribution in [3.8, 4) is 0 Å². The minimum atomic E-state index is 0.533. The smallest absolute Gasteiger partial charge is 0.0634 e. The molecule has 1 unspecified atom stereocenters. The molecular weight excluding hydrogens is 192 g/mol. The van der Waals surface area contributed by atoms with E-state index < -0.39 is 0 Å². The van der Waals surface area contributed by atoms with E-state index in [1.165, 1.54) is 0 Å². The van der Waals surface area contributed by atoms with Crippen molar-refractivity contribution < 1.29 is 9.47 Å². The van der Waals surface area contributed by atoms with Crippen LogP contribution in [0.25, 0.3) is 0 Å². The van der Waals surface area contributed by atoms with Crippen LogP contribution in [0.1, 0.15) is 13.3 Å². The molecule has 0 spiro atoms. The average molecular weight is 216 g/mol. The Morgan fingerprint density at radius 3 is 3.13 bits per heavy atom. The first-order valence-corrected chi connectivity index (χ1v) is 5.92. The summed E-state index contributed by atoms with van der Waals surface area (Å²) in [7, 11) is 1.99. The van der Waals surface area contributed by atoms with Crippen LogP contribution in [0.5, 0.6) is 0 Å². The van der Waals surface area contributed by atoms with Crippen LogP contribution in [0.15, 0.2) is 0 Å². The number of morpholine rings is 1. The second kappa shape index (κ2) is 8.05. The molecule has 0 radical (unpaired) electrons. The van der Waals surface area contributed by atoms with Gasteiger partial charge in [0, 0.05) is 38.9 Å². The average Bonchev–Trinajstić information content (AvgIpc) is 2.27. The first-order chi connectivity index (χ1) is 7.38. The summed E-state index contributed by atoms with van der Waals surface area (Å²) in [5.41, 5.74) is 0. The maximum atomic E-state index is 5.48. The lowest BCUT2D eigenvalue weighted by Crippen LogP contribution is -2.50. The Kier molecular flexibility index (Phi) is 6.92. The lowest BCUT2D eigenvalue weighted by Gasteiger charge is -2.35. The second-order valence-electron chi connectivity index (χ2n) is 3.87. The fraction of sp³-hybridized carbons (Fsp3) is 1.00. The Hall–Kier alpha value is -0.160. The van der Waals surface area contributed by atoms with E-state index in [9.17, 15) is 0 Å². The molecule has 0 saturated carbocycles. The van der Waals surface area contributed by atoms with Crippen LogP contribution >= 0.6 is 0 Å². The number of likely N-dealkylation sites (N-methyl/N-ethyl adjacent to an activating group) is 1. The Morgan fingerprint density at radius 1 is 1.53 bits per heavy atom. The number of hydrogen-bond donors (Lipinski definition) is 1. The Labute approximate surface area is 92.9 Å². The third-order valence-electron chi connectivity index (χ3n) is 2.73. The van der Waals surface area contributed by atoms with Crippen LogP contribution in [-0.4, -0.2) is 64.1 Å². The van der Waals surface area contributed by atoms with E-state index in [0.717, 1.165) is 52.5 Å². The van der Waals surface area contributed by atoms with Crippen LogP contribution in [0.3, 0.4) is 0 Å². The maximum absolute atomic E-state index is 5.48. The highest BCUT2D eigenvalue weighted by molar-refractivity contribution is 4.76. The minimum Gasteiger partial charge on any atom is -0.382 e. The number of nitrogens with one attached hydrogen (secondary N) is 1. The molecule has 0 bridgehead atoms. The van der Waals surface area contributed by atoms with Gasteiger partial charge in [-0.15, -0.1) is 0 Å². The van der Waals surface area contributed by atoms with Gasteiger partial charge in [0.05, 0.1) is 13.2 Å². The zero-order chi connectivity index (χ0) is 10.9. The van der Waals surface area contributed by atoms with Gasteiger partial charge >= 0.3 is 0 Å². The molecule has 1 rings (SSSR count). The molecule has 1 heterocycles. The highest BCUT2D eigenvalue weighted by Crippen LogP contribution is 2.06. The standard InChI is InChI=1S/C11H24N2O2/c1-3-14-7-4-5-13-6-8-15-10-11(13)9-12-2/h11-12H,3-10H2,1-2H3. The van der Waals surface area contributed by atoms with E-state index in [1.54, 1.807) is 0 Å². The predicted octanol–water partition coefficient (Wildman–Crippen LogP) is 0.333. The number of nitrogens with zero attached hydrogens (tertiary/aromatic N) is 1. The van der Waals surface area contributed by atoms with Crippen molar-refractivity contribution in [2.75, 3.05) is 53.1 Å². The van der Waals surface area contributed by atoms with E-state index in [4.69, 9.17) is 9.47 Å². The largest absolute Gasteiger partial charge is 0.382 e. The van der Waals surface area contributed by atoms with Crippen LogP contribution in [0, 0.1) is 0 Å². The SMILES string of the molecule is CCOCCCN1CCOCC1CNC. The minimum absolute atomic E-state index is 0.533. The summed E-state index contributed by atoms with van der Waals surface area (Å²) in [5, 5.41) is 3.22. The van der Waals surface area contributed by atoms with Gasteiger partial charge in [0.15, 0.2) is 0 Å². The number of rotatable bonds is 7. The fourth-order valence-electron chi connectivity index (χ4n) is 1.92. The van der Waals surface area contributed by atoms with Crippen molar-refractivity contribution in [2.24, 2.45) is 0 Å². The number of ether oxygens (including phenoxy) is 2. The molecule has 0 aromatic heterocycles. The zero-order valence-electron chi connectivity index (χ0n) is 10.00. The normalized spacial score (nSPS) is 23.2. The molecule has 1 aliphatic rings. The molecule has 90 valence electrons. The first kappa shape index (κ1) is 12.9. The summed E-state index contributed by atoms with van der Waals surface area (Å²) in [5.74, 6) is 0. The molecule has 15 heavy (non-hydrogen) atoms. The van der Waals surface area contributed by atoms with Crippen LogP contribution in [-0.2, 0) is 9.47 Å². The van der Waals surface area contributed by atoms with Crippen molar-refractivity contribution in [1.29, 1.82) is 0 Å². The lowest BCUT2D eigenvalue weighted by molar-refractivity contribution is -0.00988. The third-order valence-corrected chi connectivity index (χ3v) is 2.73. The Morgan fingerprint density at radius 2 is 2.40 bits per heavy atom. The highest BCUT2D eigenvalue weighted by Gasteiger charge is 2.21. The predicted molar refractivity (Wildman–Crippen MR) is 61.2 cm³/mol. The zero-order valence-corrected chi connectivity index (χ0v) is 10.00. The monoisotopic (exact) mass is 216 g/mol. The van der Waals surface area contributed by atoms with Gasteiger partial charge in [-0.05, 0) is 20.4 Å². The molecule has 0 aromatic rings. The summed E-state index contributed by atoms with van der Waals surface area (Å²) in [6.07, 6.45) is 1.12. The molecule has 4 nitrogen and oxygen atoms in total. The van der Waals surface area contributed by atoms with Crippen molar-refractivity contribution in [3.05, 3.63) is 0 Å². The molecular formula is C11H24N2O2. The van der Waals surface area contributed by atoms with Crippen molar-refractivity contribution in [1.82, 2.24) is 10.2 Å². The van der Waals surface area contributed by atoms with Crippen molar-refractivity contribution in [3.63, 3.8) is 0 Å². The molecule has 1 N–H and O–H groups in total. The molecule has 0 aromatic carbocycles. The van der Waals surface area contributed by atoms with Gasteiger partial charge in [0.25, 0.3) is 0 Å². The molecule has 1 atom stereocenters. The van der Waals surface area contributed by atoms with Gasteiger partial charge in [-0.1, -0.05) is 0 Å². The van der Waals surface area contributed by atoms with E-state index in [1.807, 2.05) is 14.0 Å². The van der Waals surface area contributed by atoms with Crippen molar-refractivity contribution in [2.45, 2.75) is 19.4 Å². The summed E-state index contributed by atoms with van der Waals surface area (Å²) < 4.78 is 10.8. The van der Waals surface area contributed by atoms with Gasteiger partial charge in [0.1, 0.15) is 0 Å². The van der Waals surface area contributed by atoms with Crippen molar-refractivity contribution >= 4 is 0 Å². The summed E-state index contributed by atoms with van der Waals surface area (Å²) >= 11 is 0. The van der Waals surface area contributed by atoms with Crippen LogP contribution in [0.2, 0.25) is 0 Å². The van der Waals surface area contributed by atoms with Gasteiger partial charge in [-0.25, -0.2) is 0 Å². The molecule has 1 aliphatic heterocycles. The van der Waals surface area contributed by atoms with Crippen LogP contribution < -0.4 is 5.32 Å². The quantitative estimate of drug-likeness (QED) is 0.622. The summed E-state index contributed by atoms with van der Waals surface area (Å²) in [6, 6.07) is 0.533. The third kappa shape index (κ3) is 4.93.